The molecule has 2 rings (SSSR count). The monoisotopic (exact) mass is 281 g/mol. The molecule has 0 aliphatic carbocycles. The lowest BCUT2D eigenvalue weighted by atomic mass is 10.1. The number of halogens is 1. The molecule has 0 saturated heterocycles. The molecular weight excluding hydrogens is 266 g/mol. The highest BCUT2D eigenvalue weighted by Crippen LogP contribution is 2.22. The molecule has 0 spiro atoms. The molecule has 1 unspecified atom stereocenters. The highest BCUT2D eigenvalue weighted by molar-refractivity contribution is 6.33. The molecule has 7 heteroatoms. The van der Waals surface area contributed by atoms with Crippen LogP contribution < -0.4 is 5.73 Å². The average Bonchev–Trinajstić information content (AvgIpc) is 2.95. The van der Waals surface area contributed by atoms with Crippen molar-refractivity contribution in [2.24, 2.45) is 12.8 Å². The molecule has 0 aliphatic rings. The van der Waals surface area contributed by atoms with E-state index in [9.17, 15) is 4.79 Å². The summed E-state index contributed by atoms with van der Waals surface area (Å²) in [6.07, 6.45) is 5.63. The Morgan fingerprint density at radius 1 is 1.47 bits per heavy atom. The normalized spacial score (nSPS) is 12.6. The number of rotatable bonds is 5. The molecule has 6 nitrogen and oxygen atoms in total. The first-order valence-corrected chi connectivity index (χ1v) is 6.42. The summed E-state index contributed by atoms with van der Waals surface area (Å²) in [5.41, 5.74) is 7.00. The van der Waals surface area contributed by atoms with Gasteiger partial charge in [-0.05, 0) is 6.42 Å². The summed E-state index contributed by atoms with van der Waals surface area (Å²) in [6, 6.07) is -0.779. The maximum absolute atomic E-state index is 12.4. The Labute approximate surface area is 116 Å². The van der Waals surface area contributed by atoms with Gasteiger partial charge in [-0.25, -0.2) is 0 Å². The molecule has 0 bridgehead atoms. The van der Waals surface area contributed by atoms with Gasteiger partial charge in [-0.2, -0.15) is 10.2 Å². The van der Waals surface area contributed by atoms with Crippen molar-refractivity contribution in [3.63, 3.8) is 0 Å². The number of aromatic nitrogens is 4. The number of nitrogens with two attached hydrogens (primary N) is 1. The van der Waals surface area contributed by atoms with Crippen molar-refractivity contribution >= 4 is 17.4 Å². The molecule has 0 saturated carbocycles. The van der Waals surface area contributed by atoms with Crippen LogP contribution in [-0.4, -0.2) is 25.3 Å². The Balaban J connectivity index is 2.31. The van der Waals surface area contributed by atoms with Crippen molar-refractivity contribution < 1.29 is 4.79 Å². The van der Waals surface area contributed by atoms with Gasteiger partial charge < -0.3 is 5.73 Å². The minimum absolute atomic E-state index is 0.246. The smallest absolute Gasteiger partial charge is 0.203 e. The molecule has 2 aromatic heterocycles. The van der Waals surface area contributed by atoms with Crippen molar-refractivity contribution in [2.45, 2.75) is 25.9 Å². The van der Waals surface area contributed by atoms with Crippen LogP contribution in [0.3, 0.4) is 0 Å². The lowest BCUT2D eigenvalue weighted by Crippen LogP contribution is -2.24. The Bertz CT molecular complexity index is 589. The van der Waals surface area contributed by atoms with Crippen LogP contribution in [0, 0.1) is 0 Å². The molecule has 2 aromatic rings. The highest BCUT2D eigenvalue weighted by Gasteiger charge is 2.25. The van der Waals surface area contributed by atoms with Crippen molar-refractivity contribution in [3.8, 4) is 0 Å². The summed E-state index contributed by atoms with van der Waals surface area (Å²) < 4.78 is 3.20. The predicted molar refractivity (Wildman–Crippen MR) is 72.0 cm³/mol. The molecule has 0 fully saturated rings. The molecule has 19 heavy (non-hydrogen) atoms. The lowest BCUT2D eigenvalue weighted by molar-refractivity contribution is 0.0950. The fourth-order valence-electron chi connectivity index (χ4n) is 1.89. The molecule has 102 valence electrons. The third kappa shape index (κ3) is 2.69. The molecular formula is C12H16ClN5O. The number of ketones is 1. The van der Waals surface area contributed by atoms with E-state index in [1.165, 1.54) is 6.20 Å². The third-order valence-electron chi connectivity index (χ3n) is 2.83. The first-order chi connectivity index (χ1) is 9.04. The van der Waals surface area contributed by atoms with Gasteiger partial charge in [0.1, 0.15) is 5.69 Å². The third-order valence-corrected chi connectivity index (χ3v) is 3.11. The summed E-state index contributed by atoms with van der Waals surface area (Å²) >= 11 is 6.03. The van der Waals surface area contributed by atoms with E-state index in [2.05, 4.69) is 10.2 Å². The van der Waals surface area contributed by atoms with Crippen LogP contribution in [0.4, 0.5) is 0 Å². The summed E-state index contributed by atoms with van der Waals surface area (Å²) in [7, 11) is 1.77. The van der Waals surface area contributed by atoms with E-state index >= 15 is 0 Å². The van der Waals surface area contributed by atoms with E-state index in [-0.39, 0.29) is 5.78 Å². The number of hydrogen-bond acceptors (Lipinski definition) is 4. The van der Waals surface area contributed by atoms with Gasteiger partial charge in [0, 0.05) is 25.4 Å². The van der Waals surface area contributed by atoms with Crippen molar-refractivity contribution in [1.29, 1.82) is 0 Å². The number of aryl methyl sites for hydroxylation is 2. The van der Waals surface area contributed by atoms with Crippen LogP contribution in [0.2, 0.25) is 5.02 Å². The van der Waals surface area contributed by atoms with E-state index in [4.69, 9.17) is 17.3 Å². The van der Waals surface area contributed by atoms with Gasteiger partial charge >= 0.3 is 0 Å². The van der Waals surface area contributed by atoms with E-state index in [1.54, 1.807) is 28.8 Å². The second kappa shape index (κ2) is 5.54. The van der Waals surface area contributed by atoms with Gasteiger partial charge in [-0.1, -0.05) is 18.5 Å². The van der Waals surface area contributed by atoms with Crippen molar-refractivity contribution in [2.75, 3.05) is 0 Å². The summed E-state index contributed by atoms with van der Waals surface area (Å²) in [6.45, 7) is 2.64. The first-order valence-electron chi connectivity index (χ1n) is 6.04. The van der Waals surface area contributed by atoms with Gasteiger partial charge in [0.25, 0.3) is 0 Å². The van der Waals surface area contributed by atoms with Crippen LogP contribution in [-0.2, 0) is 13.6 Å². The summed E-state index contributed by atoms with van der Waals surface area (Å²) in [5.74, 6) is -0.246. The zero-order chi connectivity index (χ0) is 14.0. The number of carbonyl (C=O) groups is 1. The molecule has 2 heterocycles. The molecule has 0 radical (unpaired) electrons. The molecule has 1 atom stereocenters. The van der Waals surface area contributed by atoms with Crippen LogP contribution in [0.25, 0.3) is 0 Å². The van der Waals surface area contributed by atoms with Crippen LogP contribution in [0.15, 0.2) is 18.6 Å². The van der Waals surface area contributed by atoms with Crippen molar-refractivity contribution in [3.05, 3.63) is 34.9 Å². The quantitative estimate of drug-likeness (QED) is 0.844. The van der Waals surface area contributed by atoms with Gasteiger partial charge in [0.2, 0.25) is 5.78 Å². The van der Waals surface area contributed by atoms with Crippen LogP contribution in [0.5, 0.6) is 0 Å². The second-order valence-corrected chi connectivity index (χ2v) is 4.76. The number of Topliss-reactive ketones (excluding diaryl/α,β-unsaturated/α-hetero) is 1. The van der Waals surface area contributed by atoms with Gasteiger partial charge in [-0.3, -0.25) is 14.2 Å². The minimum Gasteiger partial charge on any atom is -0.317 e. The van der Waals surface area contributed by atoms with E-state index in [0.717, 1.165) is 6.42 Å². The van der Waals surface area contributed by atoms with Crippen LogP contribution >= 0.6 is 11.6 Å². The number of hydrogen-bond donors (Lipinski definition) is 1. The van der Waals surface area contributed by atoms with Crippen LogP contribution in [0.1, 0.15) is 35.4 Å². The Hall–Kier alpha value is -1.66. The maximum Gasteiger partial charge on any atom is 0.203 e. The maximum atomic E-state index is 12.4. The predicted octanol–water partition coefficient (Wildman–Crippen LogP) is 1.56. The largest absolute Gasteiger partial charge is 0.317 e. The standard InChI is InChI=1S/C12H16ClN5O/c1-3-4-18-11(9(13)6-16-18)12(19)10(14)8-5-15-17(2)7-8/h5-7,10H,3-4,14H2,1-2H3. The van der Waals surface area contributed by atoms with E-state index < -0.39 is 6.04 Å². The molecule has 0 aromatic carbocycles. The van der Waals surface area contributed by atoms with E-state index in [1.807, 2.05) is 6.92 Å². The summed E-state index contributed by atoms with van der Waals surface area (Å²) in [5, 5.41) is 8.44. The number of carbonyl (C=O) groups excluding carboxylic acids is 1. The molecule has 0 aliphatic heterocycles. The highest BCUT2D eigenvalue weighted by atomic mass is 35.5. The van der Waals surface area contributed by atoms with Gasteiger partial charge in [0.15, 0.2) is 0 Å². The summed E-state index contributed by atoms with van der Waals surface area (Å²) in [4.78, 5) is 12.4. The topological polar surface area (TPSA) is 78.7 Å². The Morgan fingerprint density at radius 3 is 2.79 bits per heavy atom. The Kier molecular flexibility index (Phi) is 4.01. The number of nitrogens with zero attached hydrogens (tertiary/aromatic N) is 4. The average molecular weight is 282 g/mol. The fourth-order valence-corrected chi connectivity index (χ4v) is 2.12. The first kappa shape index (κ1) is 13.8. The molecule has 0 amide bonds. The second-order valence-electron chi connectivity index (χ2n) is 4.35. The Morgan fingerprint density at radius 2 is 2.21 bits per heavy atom. The van der Waals surface area contributed by atoms with Gasteiger partial charge in [-0.15, -0.1) is 0 Å². The zero-order valence-corrected chi connectivity index (χ0v) is 11.6. The molecule has 2 N–H and O–H groups in total. The minimum atomic E-state index is -0.779. The fraction of sp³-hybridized carbons (Fsp3) is 0.417. The van der Waals surface area contributed by atoms with Gasteiger partial charge in [0.05, 0.1) is 23.5 Å². The van der Waals surface area contributed by atoms with Crippen molar-refractivity contribution in [1.82, 2.24) is 19.6 Å². The zero-order valence-electron chi connectivity index (χ0n) is 10.9. The lowest BCUT2D eigenvalue weighted by Gasteiger charge is -2.10. The van der Waals surface area contributed by atoms with E-state index in [0.29, 0.717) is 22.8 Å². The SMILES string of the molecule is CCCn1ncc(Cl)c1C(=O)C(N)c1cnn(C)c1.